The molecule has 1 amide bonds. The lowest BCUT2D eigenvalue weighted by atomic mass is 10.1. The fourth-order valence-electron chi connectivity index (χ4n) is 3.98. The van der Waals surface area contributed by atoms with Gasteiger partial charge in [0.15, 0.2) is 28.5 Å². The van der Waals surface area contributed by atoms with Gasteiger partial charge in [-0.3, -0.25) is 9.69 Å². The van der Waals surface area contributed by atoms with Crippen molar-refractivity contribution in [2.75, 3.05) is 58.4 Å². The Morgan fingerprint density at radius 1 is 1.09 bits per heavy atom. The van der Waals surface area contributed by atoms with Crippen LogP contribution in [0.4, 0.5) is 5.82 Å². The van der Waals surface area contributed by atoms with Crippen LogP contribution in [-0.4, -0.2) is 89.3 Å². The van der Waals surface area contributed by atoms with Gasteiger partial charge in [-0.05, 0) is 31.0 Å². The van der Waals surface area contributed by atoms with E-state index in [1.807, 2.05) is 25.1 Å². The molecule has 0 bridgehead atoms. The van der Waals surface area contributed by atoms with Gasteiger partial charge in [-0.15, -0.1) is 5.10 Å². The highest BCUT2D eigenvalue weighted by atomic mass is 16.5. The number of aryl methyl sites for hydroxylation is 1. The third-order valence-electron chi connectivity index (χ3n) is 5.80. The van der Waals surface area contributed by atoms with Crippen LogP contribution in [0.2, 0.25) is 0 Å². The summed E-state index contributed by atoms with van der Waals surface area (Å²) in [5.74, 6) is 2.22. The number of carbonyl (C=O) groups is 1. The third-order valence-corrected chi connectivity index (χ3v) is 5.80. The van der Waals surface area contributed by atoms with Crippen LogP contribution in [-0.2, 0) is 17.8 Å². The molecule has 1 saturated heterocycles. The van der Waals surface area contributed by atoms with Crippen molar-refractivity contribution in [1.82, 2.24) is 35.2 Å². The average Bonchev–Trinajstić information content (AvgIpc) is 3.28. The first-order valence-corrected chi connectivity index (χ1v) is 11.1. The lowest BCUT2D eigenvalue weighted by Crippen LogP contribution is -2.50. The normalized spacial score (nSPS) is 14.5. The van der Waals surface area contributed by atoms with Gasteiger partial charge in [0.1, 0.15) is 6.33 Å². The first kappa shape index (κ1) is 22.7. The summed E-state index contributed by atoms with van der Waals surface area (Å²) in [5.41, 5.74) is 2.55. The van der Waals surface area contributed by atoms with E-state index in [1.165, 1.54) is 0 Å². The molecule has 3 aromatic rings. The van der Waals surface area contributed by atoms with Crippen LogP contribution in [0.5, 0.6) is 11.5 Å². The van der Waals surface area contributed by atoms with E-state index in [-0.39, 0.29) is 5.91 Å². The molecule has 1 aliphatic heterocycles. The molecule has 11 nitrogen and oxygen atoms in total. The number of fused-ring (bicyclic) bond motifs is 1. The van der Waals surface area contributed by atoms with Crippen molar-refractivity contribution < 1.29 is 14.3 Å². The third kappa shape index (κ3) is 5.14. The van der Waals surface area contributed by atoms with Crippen molar-refractivity contribution in [2.24, 2.45) is 0 Å². The zero-order valence-corrected chi connectivity index (χ0v) is 19.3. The van der Waals surface area contributed by atoms with Crippen LogP contribution in [0.3, 0.4) is 0 Å². The van der Waals surface area contributed by atoms with Crippen molar-refractivity contribution >= 4 is 22.9 Å². The molecular formula is C22H30N8O3. The number of nitrogens with zero attached hydrogens (tertiary/aromatic N) is 7. The molecule has 0 atom stereocenters. The zero-order chi connectivity index (χ0) is 23.2. The topological polar surface area (TPSA) is 111 Å². The van der Waals surface area contributed by atoms with Gasteiger partial charge in [0, 0.05) is 39.3 Å². The molecular weight excluding hydrogens is 424 g/mol. The Kier molecular flexibility index (Phi) is 7.18. The molecule has 2 aromatic heterocycles. The predicted octanol–water partition coefficient (Wildman–Crippen LogP) is 0.739. The van der Waals surface area contributed by atoms with Gasteiger partial charge in [0.05, 0.1) is 20.8 Å². The van der Waals surface area contributed by atoms with Crippen LogP contribution in [0.1, 0.15) is 12.5 Å². The standard InChI is InChI=1S/C22H30N8O3/c1-4-30-22-20(26-27-30)21(24-15-25-22)29-11-9-28(10-12-29)14-19(31)23-8-7-16-5-6-17(32-2)18(13-16)33-3/h5-6,13,15H,4,7-12,14H2,1-3H3,(H,23,31). The predicted molar refractivity (Wildman–Crippen MR) is 124 cm³/mol. The minimum absolute atomic E-state index is 0.0271. The van der Waals surface area contributed by atoms with E-state index in [2.05, 4.69) is 35.4 Å². The second-order valence-electron chi connectivity index (χ2n) is 7.83. The fourth-order valence-corrected chi connectivity index (χ4v) is 3.98. The highest BCUT2D eigenvalue weighted by molar-refractivity contribution is 5.82. The minimum atomic E-state index is 0.0271. The number of aromatic nitrogens is 5. The zero-order valence-electron chi connectivity index (χ0n) is 19.3. The lowest BCUT2D eigenvalue weighted by Gasteiger charge is -2.34. The molecule has 0 saturated carbocycles. The smallest absolute Gasteiger partial charge is 0.234 e. The van der Waals surface area contributed by atoms with Crippen LogP contribution in [0.15, 0.2) is 24.5 Å². The summed E-state index contributed by atoms with van der Waals surface area (Å²) in [6.45, 7) is 6.75. The van der Waals surface area contributed by atoms with Crippen LogP contribution < -0.4 is 19.7 Å². The van der Waals surface area contributed by atoms with Gasteiger partial charge < -0.3 is 19.7 Å². The van der Waals surface area contributed by atoms with Crippen molar-refractivity contribution in [3.05, 3.63) is 30.1 Å². The summed E-state index contributed by atoms with van der Waals surface area (Å²) in [6.07, 6.45) is 2.29. The van der Waals surface area contributed by atoms with E-state index >= 15 is 0 Å². The lowest BCUT2D eigenvalue weighted by molar-refractivity contribution is -0.122. The quantitative estimate of drug-likeness (QED) is 0.500. The summed E-state index contributed by atoms with van der Waals surface area (Å²) >= 11 is 0. The Bertz CT molecular complexity index is 1090. The number of nitrogens with one attached hydrogen (secondary N) is 1. The van der Waals surface area contributed by atoms with Gasteiger partial charge in [-0.1, -0.05) is 11.3 Å². The molecule has 1 N–H and O–H groups in total. The molecule has 176 valence electrons. The number of hydrogen-bond donors (Lipinski definition) is 1. The molecule has 3 heterocycles. The number of carbonyl (C=O) groups excluding carboxylic acids is 1. The second-order valence-corrected chi connectivity index (χ2v) is 7.83. The number of hydrogen-bond acceptors (Lipinski definition) is 9. The summed E-state index contributed by atoms with van der Waals surface area (Å²) in [7, 11) is 3.23. The Morgan fingerprint density at radius 2 is 1.88 bits per heavy atom. The van der Waals surface area contributed by atoms with Crippen LogP contribution in [0.25, 0.3) is 11.2 Å². The Balaban J connectivity index is 1.24. The van der Waals surface area contributed by atoms with Gasteiger partial charge in [0.25, 0.3) is 0 Å². The molecule has 11 heteroatoms. The fraction of sp³-hybridized carbons (Fsp3) is 0.500. The first-order valence-electron chi connectivity index (χ1n) is 11.1. The number of amides is 1. The highest BCUT2D eigenvalue weighted by Gasteiger charge is 2.23. The van der Waals surface area contributed by atoms with Crippen LogP contribution >= 0.6 is 0 Å². The van der Waals surface area contributed by atoms with Gasteiger partial charge in [0.2, 0.25) is 5.91 Å². The molecule has 1 aromatic carbocycles. The molecule has 1 fully saturated rings. The van der Waals surface area contributed by atoms with Crippen molar-refractivity contribution in [1.29, 1.82) is 0 Å². The summed E-state index contributed by atoms with van der Waals surface area (Å²) < 4.78 is 12.4. The second kappa shape index (κ2) is 10.4. The molecule has 1 aliphatic rings. The molecule has 0 radical (unpaired) electrons. The molecule has 4 rings (SSSR count). The van der Waals surface area contributed by atoms with Crippen molar-refractivity contribution in [2.45, 2.75) is 19.9 Å². The van der Waals surface area contributed by atoms with E-state index in [4.69, 9.17) is 9.47 Å². The summed E-state index contributed by atoms with van der Waals surface area (Å²) in [5, 5.41) is 11.4. The number of methoxy groups -OCH3 is 2. The highest BCUT2D eigenvalue weighted by Crippen LogP contribution is 2.27. The van der Waals surface area contributed by atoms with Crippen molar-refractivity contribution in [3.63, 3.8) is 0 Å². The number of benzene rings is 1. The Hall–Kier alpha value is -3.47. The van der Waals surface area contributed by atoms with E-state index in [0.29, 0.717) is 31.1 Å². The maximum absolute atomic E-state index is 12.4. The van der Waals surface area contributed by atoms with E-state index in [0.717, 1.165) is 55.1 Å². The Morgan fingerprint density at radius 3 is 2.61 bits per heavy atom. The van der Waals surface area contributed by atoms with Crippen molar-refractivity contribution in [3.8, 4) is 11.5 Å². The number of anilines is 1. The SMILES string of the molecule is CCn1nnc2c(N3CCN(CC(=O)NCCc4ccc(OC)c(OC)c4)CC3)ncnc21. The maximum atomic E-state index is 12.4. The molecule has 0 aliphatic carbocycles. The average molecular weight is 455 g/mol. The maximum Gasteiger partial charge on any atom is 0.234 e. The minimum Gasteiger partial charge on any atom is -0.493 e. The molecule has 0 unspecified atom stereocenters. The summed E-state index contributed by atoms with van der Waals surface area (Å²) in [6, 6.07) is 5.80. The van der Waals surface area contributed by atoms with E-state index in [9.17, 15) is 4.79 Å². The van der Waals surface area contributed by atoms with Gasteiger partial charge in [-0.25, -0.2) is 14.6 Å². The van der Waals surface area contributed by atoms with E-state index in [1.54, 1.807) is 25.2 Å². The molecule has 33 heavy (non-hydrogen) atoms. The monoisotopic (exact) mass is 454 g/mol. The first-order chi connectivity index (χ1) is 16.1. The number of piperazine rings is 1. The Labute approximate surface area is 192 Å². The largest absolute Gasteiger partial charge is 0.493 e. The number of rotatable bonds is 9. The van der Waals surface area contributed by atoms with Gasteiger partial charge >= 0.3 is 0 Å². The van der Waals surface area contributed by atoms with Crippen LogP contribution in [0, 0.1) is 0 Å². The van der Waals surface area contributed by atoms with Gasteiger partial charge in [-0.2, -0.15) is 0 Å². The number of ether oxygens (including phenoxy) is 2. The van der Waals surface area contributed by atoms with E-state index < -0.39 is 0 Å². The summed E-state index contributed by atoms with van der Waals surface area (Å²) in [4.78, 5) is 25.5. The molecule has 0 spiro atoms.